The van der Waals surface area contributed by atoms with Crippen molar-refractivity contribution in [2.45, 2.75) is 52.1 Å². The summed E-state index contributed by atoms with van der Waals surface area (Å²) < 4.78 is 30.3. The van der Waals surface area contributed by atoms with Crippen LogP contribution in [-0.2, 0) is 21.2 Å². The smallest absolute Gasteiger partial charge is 0.261 e. The predicted octanol–water partition coefficient (Wildman–Crippen LogP) is 4.11. The Morgan fingerprint density at radius 3 is 2.19 bits per heavy atom. The molecule has 1 amide bonds. The second-order valence-electron chi connectivity index (χ2n) is 8.03. The third-order valence-corrected chi connectivity index (χ3v) is 6.43. The number of nitrogens with one attached hydrogen (secondary N) is 1. The number of sulfonamides is 1. The normalized spacial score (nSPS) is 12.5. The summed E-state index contributed by atoms with van der Waals surface area (Å²) in [5.74, 6) is 0.906. The highest BCUT2D eigenvalue weighted by Gasteiger charge is 2.18. The Balaban J connectivity index is 1.82. The average Bonchev–Trinajstić information content (AvgIpc) is 2.74. The van der Waals surface area contributed by atoms with E-state index in [1.165, 1.54) is 22.5 Å². The molecule has 0 aromatic heterocycles. The third-order valence-electron chi connectivity index (χ3n) is 5.23. The Hall–Kier alpha value is -2.54. The number of aryl methyl sites for hydroxylation is 1. The van der Waals surface area contributed by atoms with Crippen LogP contribution in [0.4, 0.5) is 5.69 Å². The van der Waals surface area contributed by atoms with E-state index in [0.29, 0.717) is 30.3 Å². The number of nitrogens with zero attached hydrogens (tertiary/aromatic N) is 1. The summed E-state index contributed by atoms with van der Waals surface area (Å²) in [7, 11) is -1.83. The van der Waals surface area contributed by atoms with Crippen molar-refractivity contribution < 1.29 is 17.9 Å². The molecule has 0 aliphatic heterocycles. The maximum Gasteiger partial charge on any atom is 0.261 e. The van der Waals surface area contributed by atoms with Crippen molar-refractivity contribution >= 4 is 21.6 Å². The van der Waals surface area contributed by atoms with E-state index in [4.69, 9.17) is 4.74 Å². The van der Waals surface area contributed by atoms with Gasteiger partial charge in [0.25, 0.3) is 5.91 Å². The van der Waals surface area contributed by atoms with Crippen LogP contribution in [0.2, 0.25) is 0 Å². The first-order valence-electron chi connectivity index (χ1n) is 10.7. The summed E-state index contributed by atoms with van der Waals surface area (Å²) in [6, 6.07) is 15.3. The standard InChI is InChI=1S/C24H34N2O4S/c1-6-23(30-22-15-13-21(14-16-22)26(4)31(5,28)29)24(27)25-17-7-8-19-9-11-20(12-10-19)18(2)3/h9-16,18,23H,6-8,17H2,1-5H3,(H,25,27). The minimum Gasteiger partial charge on any atom is -0.481 e. The highest BCUT2D eigenvalue weighted by atomic mass is 32.2. The highest BCUT2D eigenvalue weighted by molar-refractivity contribution is 7.92. The van der Waals surface area contributed by atoms with Gasteiger partial charge in [-0.1, -0.05) is 45.0 Å². The first-order chi connectivity index (χ1) is 14.6. The fraction of sp³-hybridized carbons (Fsp3) is 0.458. The van der Waals surface area contributed by atoms with Gasteiger partial charge in [0.05, 0.1) is 11.9 Å². The van der Waals surface area contributed by atoms with Gasteiger partial charge in [-0.15, -0.1) is 0 Å². The number of carbonyl (C=O) groups is 1. The molecule has 0 heterocycles. The molecule has 31 heavy (non-hydrogen) atoms. The largest absolute Gasteiger partial charge is 0.481 e. The highest BCUT2D eigenvalue weighted by Crippen LogP contribution is 2.21. The lowest BCUT2D eigenvalue weighted by molar-refractivity contribution is -0.128. The maximum absolute atomic E-state index is 12.5. The van der Waals surface area contributed by atoms with Gasteiger partial charge in [0.15, 0.2) is 6.10 Å². The first kappa shape index (κ1) is 24.7. The molecule has 7 heteroatoms. The number of anilines is 1. The summed E-state index contributed by atoms with van der Waals surface area (Å²) in [6.07, 6.45) is 2.86. The van der Waals surface area contributed by atoms with Crippen molar-refractivity contribution in [3.8, 4) is 5.75 Å². The van der Waals surface area contributed by atoms with E-state index in [1.54, 1.807) is 24.3 Å². The molecule has 0 saturated carbocycles. The molecule has 0 radical (unpaired) electrons. The summed E-state index contributed by atoms with van der Waals surface area (Å²) in [5.41, 5.74) is 3.13. The van der Waals surface area contributed by atoms with Crippen LogP contribution in [0.15, 0.2) is 48.5 Å². The molecule has 2 rings (SSSR count). The maximum atomic E-state index is 12.5. The van der Waals surface area contributed by atoms with Crippen molar-refractivity contribution in [3.05, 3.63) is 59.7 Å². The van der Waals surface area contributed by atoms with Gasteiger partial charge in [-0.2, -0.15) is 0 Å². The molecule has 0 fully saturated rings. The number of rotatable bonds is 11. The van der Waals surface area contributed by atoms with Crippen molar-refractivity contribution in [3.63, 3.8) is 0 Å². The minimum absolute atomic E-state index is 0.144. The lowest BCUT2D eigenvalue weighted by Crippen LogP contribution is -2.38. The van der Waals surface area contributed by atoms with Crippen LogP contribution in [0.5, 0.6) is 5.75 Å². The SMILES string of the molecule is CCC(Oc1ccc(N(C)S(C)(=O)=O)cc1)C(=O)NCCCc1ccc(C(C)C)cc1. The van der Waals surface area contributed by atoms with E-state index in [0.717, 1.165) is 19.1 Å². The number of amides is 1. The molecule has 1 unspecified atom stereocenters. The second kappa shape index (κ2) is 11.2. The molecule has 2 aromatic carbocycles. The molecule has 1 N–H and O–H groups in total. The van der Waals surface area contributed by atoms with Gasteiger partial charge in [-0.3, -0.25) is 9.10 Å². The molecule has 0 spiro atoms. The van der Waals surface area contributed by atoms with E-state index < -0.39 is 16.1 Å². The van der Waals surface area contributed by atoms with Gasteiger partial charge in [-0.25, -0.2) is 8.42 Å². The first-order valence-corrected chi connectivity index (χ1v) is 12.5. The van der Waals surface area contributed by atoms with Crippen molar-refractivity contribution in [1.29, 1.82) is 0 Å². The van der Waals surface area contributed by atoms with E-state index in [-0.39, 0.29) is 5.91 Å². The molecule has 0 aliphatic rings. The monoisotopic (exact) mass is 446 g/mol. The number of benzene rings is 2. The van der Waals surface area contributed by atoms with Crippen LogP contribution in [0.25, 0.3) is 0 Å². The van der Waals surface area contributed by atoms with Gasteiger partial charge in [0.2, 0.25) is 10.0 Å². The van der Waals surface area contributed by atoms with E-state index >= 15 is 0 Å². The quantitative estimate of drug-likeness (QED) is 0.527. The molecule has 170 valence electrons. The molecular weight excluding hydrogens is 412 g/mol. The van der Waals surface area contributed by atoms with Crippen molar-refractivity contribution in [2.75, 3.05) is 24.2 Å². The predicted molar refractivity (Wildman–Crippen MR) is 126 cm³/mol. The summed E-state index contributed by atoms with van der Waals surface area (Å²) in [6.45, 7) is 6.84. The Morgan fingerprint density at radius 1 is 1.06 bits per heavy atom. The number of hydrogen-bond acceptors (Lipinski definition) is 4. The van der Waals surface area contributed by atoms with E-state index in [1.807, 2.05) is 6.92 Å². The summed E-state index contributed by atoms with van der Waals surface area (Å²) >= 11 is 0. The summed E-state index contributed by atoms with van der Waals surface area (Å²) in [5, 5.41) is 2.95. The average molecular weight is 447 g/mol. The second-order valence-corrected chi connectivity index (χ2v) is 10.0. The summed E-state index contributed by atoms with van der Waals surface area (Å²) in [4.78, 5) is 12.5. The van der Waals surface area contributed by atoms with Gasteiger partial charge < -0.3 is 10.1 Å². The van der Waals surface area contributed by atoms with Crippen LogP contribution >= 0.6 is 0 Å². The van der Waals surface area contributed by atoms with Crippen LogP contribution in [-0.4, -0.2) is 40.3 Å². The van der Waals surface area contributed by atoms with Gasteiger partial charge in [0, 0.05) is 13.6 Å². The van der Waals surface area contributed by atoms with Gasteiger partial charge in [-0.05, 0) is 60.6 Å². The number of hydrogen-bond donors (Lipinski definition) is 1. The molecule has 0 saturated heterocycles. The van der Waals surface area contributed by atoms with Crippen molar-refractivity contribution in [1.82, 2.24) is 5.32 Å². The van der Waals surface area contributed by atoms with Gasteiger partial charge in [0.1, 0.15) is 5.75 Å². The van der Waals surface area contributed by atoms with Crippen LogP contribution in [0, 0.1) is 0 Å². The zero-order valence-corrected chi connectivity index (χ0v) is 19.9. The van der Waals surface area contributed by atoms with Crippen molar-refractivity contribution in [2.24, 2.45) is 0 Å². The molecule has 0 aliphatic carbocycles. The van der Waals surface area contributed by atoms with Gasteiger partial charge >= 0.3 is 0 Å². The molecule has 2 aromatic rings. The van der Waals surface area contributed by atoms with E-state index in [2.05, 4.69) is 43.4 Å². The third kappa shape index (κ3) is 7.58. The molecule has 0 bridgehead atoms. The number of ether oxygens (including phenoxy) is 1. The van der Waals surface area contributed by atoms with Crippen LogP contribution in [0.1, 0.15) is 50.7 Å². The fourth-order valence-electron chi connectivity index (χ4n) is 3.10. The minimum atomic E-state index is -3.32. The fourth-order valence-corrected chi connectivity index (χ4v) is 3.60. The molecule has 6 nitrogen and oxygen atoms in total. The zero-order valence-electron chi connectivity index (χ0n) is 19.1. The Kier molecular flexibility index (Phi) is 8.92. The lowest BCUT2D eigenvalue weighted by Gasteiger charge is -2.19. The Bertz CT molecular complexity index is 939. The number of carbonyl (C=O) groups excluding carboxylic acids is 1. The van der Waals surface area contributed by atoms with Crippen LogP contribution < -0.4 is 14.4 Å². The molecule has 1 atom stereocenters. The topological polar surface area (TPSA) is 75.7 Å². The molecular formula is C24H34N2O4S. The zero-order chi connectivity index (χ0) is 23.0. The Labute approximate surface area is 186 Å². The van der Waals surface area contributed by atoms with Crippen LogP contribution in [0.3, 0.4) is 0 Å². The van der Waals surface area contributed by atoms with E-state index in [9.17, 15) is 13.2 Å². The lowest BCUT2D eigenvalue weighted by atomic mass is 10.0. The Morgan fingerprint density at radius 2 is 1.68 bits per heavy atom.